The van der Waals surface area contributed by atoms with E-state index < -0.39 is 5.97 Å². The van der Waals surface area contributed by atoms with Crippen molar-refractivity contribution in [3.8, 4) is 5.75 Å². The first-order chi connectivity index (χ1) is 9.69. The van der Waals surface area contributed by atoms with Gasteiger partial charge in [-0.25, -0.2) is 4.79 Å². The third-order valence-corrected chi connectivity index (χ3v) is 3.31. The van der Waals surface area contributed by atoms with E-state index in [1.165, 1.54) is 14.2 Å². The Hall–Kier alpha value is -2.30. The summed E-state index contributed by atoms with van der Waals surface area (Å²) in [5.74, 6) is 0.126. The van der Waals surface area contributed by atoms with Gasteiger partial charge in [-0.1, -0.05) is 0 Å². The van der Waals surface area contributed by atoms with Gasteiger partial charge in [-0.2, -0.15) is 0 Å². The van der Waals surface area contributed by atoms with Crippen LogP contribution in [0.4, 0.5) is 5.69 Å². The molecule has 0 fully saturated rings. The maximum atomic E-state index is 11.5. The number of hydrogen-bond acceptors (Lipinski definition) is 5. The van der Waals surface area contributed by atoms with E-state index in [1.807, 2.05) is 0 Å². The van der Waals surface area contributed by atoms with Crippen LogP contribution in [0.2, 0.25) is 0 Å². The molecule has 1 aromatic carbocycles. The Bertz CT molecular complexity index is 563. The number of aldehydes is 1. The molecule has 5 heteroatoms. The molecule has 5 nitrogen and oxygen atoms in total. The lowest BCUT2D eigenvalue weighted by Gasteiger charge is -2.13. The van der Waals surface area contributed by atoms with Crippen LogP contribution in [-0.2, 0) is 9.53 Å². The molecule has 1 N–H and O–H groups in total. The summed E-state index contributed by atoms with van der Waals surface area (Å²) in [6, 6.07) is 5.02. The fourth-order valence-electron chi connectivity index (χ4n) is 2.24. The van der Waals surface area contributed by atoms with Gasteiger partial charge in [0.2, 0.25) is 0 Å². The number of methoxy groups -OCH3 is 2. The highest BCUT2D eigenvalue weighted by molar-refractivity contribution is 5.91. The molecule has 1 aromatic rings. The minimum absolute atomic E-state index is 0.413. The number of carbonyl (C=O) groups is 2. The average Bonchev–Trinajstić information content (AvgIpc) is 2.94. The third-order valence-electron chi connectivity index (χ3n) is 3.31. The van der Waals surface area contributed by atoms with E-state index in [0.717, 1.165) is 42.5 Å². The van der Waals surface area contributed by atoms with Crippen molar-refractivity contribution < 1.29 is 19.1 Å². The highest BCUT2D eigenvalue weighted by Crippen LogP contribution is 2.31. The second kappa shape index (κ2) is 6.23. The second-order valence-electron chi connectivity index (χ2n) is 4.51. The Kier molecular flexibility index (Phi) is 4.40. The number of hydrogen-bond donors (Lipinski definition) is 1. The fraction of sp³-hybridized carbons (Fsp3) is 0.333. The first-order valence-electron chi connectivity index (χ1n) is 6.40. The summed E-state index contributed by atoms with van der Waals surface area (Å²) in [6.07, 6.45) is 3.51. The number of nitrogens with one attached hydrogen (secondary N) is 1. The van der Waals surface area contributed by atoms with Crippen LogP contribution < -0.4 is 10.1 Å². The van der Waals surface area contributed by atoms with Crippen molar-refractivity contribution in [1.82, 2.24) is 0 Å². The second-order valence-corrected chi connectivity index (χ2v) is 4.51. The van der Waals surface area contributed by atoms with E-state index in [1.54, 1.807) is 18.2 Å². The van der Waals surface area contributed by atoms with Gasteiger partial charge in [-0.15, -0.1) is 0 Å². The van der Waals surface area contributed by atoms with Crippen molar-refractivity contribution >= 4 is 17.9 Å². The molecule has 0 spiro atoms. The van der Waals surface area contributed by atoms with Crippen molar-refractivity contribution in [2.24, 2.45) is 0 Å². The van der Waals surface area contributed by atoms with Gasteiger partial charge in [0, 0.05) is 11.3 Å². The van der Waals surface area contributed by atoms with Crippen LogP contribution in [0.3, 0.4) is 0 Å². The lowest BCUT2D eigenvalue weighted by Crippen LogP contribution is -2.05. The Labute approximate surface area is 117 Å². The SMILES string of the molecule is COC(=O)c1ccc(NC2=C(C=O)CCC2)c(OC)c1. The smallest absolute Gasteiger partial charge is 0.337 e. The minimum atomic E-state index is -0.413. The van der Waals surface area contributed by atoms with Crippen LogP contribution in [0.25, 0.3) is 0 Å². The van der Waals surface area contributed by atoms with Gasteiger partial charge >= 0.3 is 5.97 Å². The summed E-state index contributed by atoms with van der Waals surface area (Å²) in [5.41, 5.74) is 2.87. The zero-order chi connectivity index (χ0) is 14.5. The van der Waals surface area contributed by atoms with Crippen LogP contribution in [0.5, 0.6) is 5.75 Å². The summed E-state index contributed by atoms with van der Waals surface area (Å²) in [4.78, 5) is 22.4. The van der Waals surface area contributed by atoms with E-state index >= 15 is 0 Å². The van der Waals surface area contributed by atoms with E-state index in [2.05, 4.69) is 10.1 Å². The Morgan fingerprint density at radius 2 is 2.10 bits per heavy atom. The van der Waals surface area contributed by atoms with E-state index in [9.17, 15) is 9.59 Å². The quantitative estimate of drug-likeness (QED) is 0.660. The predicted molar refractivity (Wildman–Crippen MR) is 74.9 cm³/mol. The average molecular weight is 275 g/mol. The summed E-state index contributed by atoms with van der Waals surface area (Å²) in [7, 11) is 2.87. The zero-order valence-corrected chi connectivity index (χ0v) is 11.6. The maximum absolute atomic E-state index is 11.5. The van der Waals surface area contributed by atoms with Gasteiger partial charge in [0.15, 0.2) is 0 Å². The number of esters is 1. The number of carbonyl (C=O) groups excluding carboxylic acids is 2. The molecule has 106 valence electrons. The molecule has 0 bridgehead atoms. The van der Waals surface area contributed by atoms with E-state index in [-0.39, 0.29) is 0 Å². The Morgan fingerprint density at radius 3 is 2.75 bits per heavy atom. The molecule has 0 atom stereocenters. The third kappa shape index (κ3) is 2.82. The van der Waals surface area contributed by atoms with Gasteiger partial charge in [-0.05, 0) is 37.5 Å². The summed E-state index contributed by atoms with van der Waals surface area (Å²) >= 11 is 0. The molecule has 0 saturated heterocycles. The van der Waals surface area contributed by atoms with Gasteiger partial charge in [-0.3, -0.25) is 4.79 Å². The number of rotatable bonds is 5. The molecule has 0 radical (unpaired) electrons. The van der Waals surface area contributed by atoms with Gasteiger partial charge < -0.3 is 14.8 Å². The lowest BCUT2D eigenvalue weighted by molar-refractivity contribution is -0.105. The molecular formula is C15H17NO4. The molecule has 0 saturated carbocycles. The summed E-state index contributed by atoms with van der Waals surface area (Å²) in [5, 5.41) is 3.22. The van der Waals surface area contributed by atoms with Crippen molar-refractivity contribution in [2.45, 2.75) is 19.3 Å². The fourth-order valence-corrected chi connectivity index (χ4v) is 2.24. The van der Waals surface area contributed by atoms with Crippen LogP contribution >= 0.6 is 0 Å². The van der Waals surface area contributed by atoms with Crippen molar-refractivity contribution in [3.63, 3.8) is 0 Å². The maximum Gasteiger partial charge on any atom is 0.337 e. The molecule has 0 unspecified atom stereocenters. The standard InChI is InChI=1S/C15H17NO4/c1-19-14-8-10(15(18)20-2)6-7-13(14)16-12-5-3-4-11(12)9-17/h6-9,16H,3-5H2,1-2H3. The van der Waals surface area contributed by atoms with Crippen molar-refractivity contribution in [2.75, 3.05) is 19.5 Å². The lowest BCUT2D eigenvalue weighted by atomic mass is 10.1. The highest BCUT2D eigenvalue weighted by atomic mass is 16.5. The molecule has 2 rings (SSSR count). The monoisotopic (exact) mass is 275 g/mol. The molecule has 0 aromatic heterocycles. The van der Waals surface area contributed by atoms with Crippen molar-refractivity contribution in [3.05, 3.63) is 35.0 Å². The first-order valence-corrected chi connectivity index (χ1v) is 6.40. The Morgan fingerprint density at radius 1 is 1.30 bits per heavy atom. The Balaban J connectivity index is 2.28. The number of anilines is 1. The normalized spacial score (nSPS) is 14.1. The molecule has 20 heavy (non-hydrogen) atoms. The van der Waals surface area contributed by atoms with Gasteiger partial charge in [0.25, 0.3) is 0 Å². The summed E-state index contributed by atoms with van der Waals surface area (Å²) < 4.78 is 9.95. The molecule has 0 amide bonds. The number of benzene rings is 1. The summed E-state index contributed by atoms with van der Waals surface area (Å²) in [6.45, 7) is 0. The number of allylic oxidation sites excluding steroid dienone is 2. The van der Waals surface area contributed by atoms with Crippen molar-refractivity contribution in [1.29, 1.82) is 0 Å². The molecular weight excluding hydrogens is 258 g/mol. The van der Waals surface area contributed by atoms with Crippen LogP contribution in [0.1, 0.15) is 29.6 Å². The molecule has 0 heterocycles. The topological polar surface area (TPSA) is 64.6 Å². The highest BCUT2D eigenvalue weighted by Gasteiger charge is 2.16. The molecule has 0 aliphatic heterocycles. The zero-order valence-electron chi connectivity index (χ0n) is 11.6. The van der Waals surface area contributed by atoms with Gasteiger partial charge in [0.1, 0.15) is 12.0 Å². The minimum Gasteiger partial charge on any atom is -0.495 e. The largest absolute Gasteiger partial charge is 0.495 e. The molecule has 1 aliphatic rings. The van der Waals surface area contributed by atoms with Crippen LogP contribution in [0, 0.1) is 0 Å². The van der Waals surface area contributed by atoms with E-state index in [0.29, 0.717) is 11.3 Å². The van der Waals surface area contributed by atoms with Gasteiger partial charge in [0.05, 0.1) is 25.5 Å². The number of ether oxygens (including phenoxy) is 2. The van der Waals surface area contributed by atoms with Crippen LogP contribution in [-0.4, -0.2) is 26.5 Å². The molecule has 1 aliphatic carbocycles. The van der Waals surface area contributed by atoms with Crippen LogP contribution in [0.15, 0.2) is 29.5 Å². The first kappa shape index (κ1) is 14.1. The van der Waals surface area contributed by atoms with E-state index in [4.69, 9.17) is 4.74 Å². The predicted octanol–water partition coefficient (Wildman–Crippen LogP) is 2.53.